The molecular formula is C12H19N3O. The Morgan fingerprint density at radius 1 is 1.62 bits per heavy atom. The van der Waals surface area contributed by atoms with Gasteiger partial charge in [0, 0.05) is 19.7 Å². The van der Waals surface area contributed by atoms with Gasteiger partial charge in [-0.15, -0.1) is 0 Å². The van der Waals surface area contributed by atoms with Crippen LogP contribution in [0.3, 0.4) is 0 Å². The van der Waals surface area contributed by atoms with E-state index in [4.69, 9.17) is 4.74 Å². The Balaban J connectivity index is 2.13. The Hall–Kier alpha value is -1.29. The van der Waals surface area contributed by atoms with E-state index in [0.29, 0.717) is 0 Å². The van der Waals surface area contributed by atoms with Crippen LogP contribution < -0.4 is 5.32 Å². The Morgan fingerprint density at radius 3 is 3.06 bits per heavy atom. The predicted octanol–water partition coefficient (Wildman–Crippen LogP) is 1.76. The maximum absolute atomic E-state index is 5.63. The summed E-state index contributed by atoms with van der Waals surface area (Å²) in [5, 5.41) is 3.47. The fourth-order valence-corrected chi connectivity index (χ4v) is 1.86. The highest BCUT2D eigenvalue weighted by atomic mass is 16.5. The Morgan fingerprint density at radius 2 is 2.50 bits per heavy atom. The second-order valence-corrected chi connectivity index (χ2v) is 4.09. The molecule has 0 fully saturated rings. The van der Waals surface area contributed by atoms with Crippen LogP contribution in [0.5, 0.6) is 0 Å². The van der Waals surface area contributed by atoms with E-state index in [2.05, 4.69) is 23.3 Å². The van der Waals surface area contributed by atoms with E-state index >= 15 is 0 Å². The van der Waals surface area contributed by atoms with Gasteiger partial charge in [0.05, 0.1) is 18.6 Å². The maximum atomic E-state index is 5.63. The monoisotopic (exact) mass is 221 g/mol. The van der Waals surface area contributed by atoms with Crippen LogP contribution in [0.1, 0.15) is 31.5 Å². The van der Waals surface area contributed by atoms with Crippen molar-refractivity contribution in [1.82, 2.24) is 14.9 Å². The van der Waals surface area contributed by atoms with Gasteiger partial charge in [0.1, 0.15) is 11.8 Å². The number of nitrogens with one attached hydrogen (secondary N) is 1. The molecule has 1 aromatic heterocycles. The second kappa shape index (κ2) is 5.16. The van der Waals surface area contributed by atoms with Crippen LogP contribution in [0, 0.1) is 0 Å². The van der Waals surface area contributed by atoms with E-state index in [1.807, 2.05) is 24.1 Å². The summed E-state index contributed by atoms with van der Waals surface area (Å²) >= 11 is 0. The van der Waals surface area contributed by atoms with Gasteiger partial charge in [0.25, 0.3) is 0 Å². The molecule has 4 heteroatoms. The number of hydrogen-bond acceptors (Lipinski definition) is 3. The molecule has 0 amide bonds. The molecule has 0 aromatic carbocycles. The van der Waals surface area contributed by atoms with Crippen LogP contribution in [0.25, 0.3) is 0 Å². The zero-order valence-corrected chi connectivity index (χ0v) is 9.94. The van der Waals surface area contributed by atoms with Crippen molar-refractivity contribution in [3.8, 4) is 0 Å². The summed E-state index contributed by atoms with van der Waals surface area (Å²) in [6.07, 6.45) is 8.13. The highest BCUT2D eigenvalue weighted by Crippen LogP contribution is 2.25. The molecule has 88 valence electrons. The van der Waals surface area contributed by atoms with Crippen molar-refractivity contribution >= 4 is 0 Å². The van der Waals surface area contributed by atoms with E-state index in [1.165, 1.54) is 0 Å². The van der Waals surface area contributed by atoms with Gasteiger partial charge < -0.3 is 14.6 Å². The first-order chi connectivity index (χ1) is 7.81. The molecule has 4 nitrogen and oxygen atoms in total. The summed E-state index contributed by atoms with van der Waals surface area (Å²) in [5.41, 5.74) is 1.03. The summed E-state index contributed by atoms with van der Waals surface area (Å²) in [7, 11) is 1.98. The van der Waals surface area contributed by atoms with Crippen LogP contribution in [0.15, 0.2) is 24.4 Å². The lowest BCUT2D eigenvalue weighted by molar-refractivity contribution is 0.214. The molecule has 0 radical (unpaired) electrons. The number of hydrogen-bond donors (Lipinski definition) is 1. The minimum Gasteiger partial charge on any atom is -0.496 e. The van der Waals surface area contributed by atoms with Gasteiger partial charge in [0.2, 0.25) is 0 Å². The molecule has 1 atom stereocenters. The third-order valence-corrected chi connectivity index (χ3v) is 2.64. The van der Waals surface area contributed by atoms with Crippen molar-refractivity contribution in [3.63, 3.8) is 0 Å². The Bertz CT molecular complexity index is 370. The number of aromatic nitrogens is 2. The van der Waals surface area contributed by atoms with E-state index in [0.717, 1.165) is 37.4 Å². The predicted molar refractivity (Wildman–Crippen MR) is 62.9 cm³/mol. The summed E-state index contributed by atoms with van der Waals surface area (Å²) in [4.78, 5) is 4.39. The Labute approximate surface area is 96.3 Å². The SMILES string of the molecule is CCCNC(C1=CCCO1)c1cn(C)cn1. The highest BCUT2D eigenvalue weighted by Gasteiger charge is 2.21. The first-order valence-corrected chi connectivity index (χ1v) is 5.85. The zero-order chi connectivity index (χ0) is 11.4. The van der Waals surface area contributed by atoms with Gasteiger partial charge in [0.15, 0.2) is 0 Å². The molecule has 2 rings (SSSR count). The quantitative estimate of drug-likeness (QED) is 0.823. The molecule has 0 saturated carbocycles. The van der Waals surface area contributed by atoms with Crippen molar-refractivity contribution < 1.29 is 4.74 Å². The number of imidazole rings is 1. The lowest BCUT2D eigenvalue weighted by Crippen LogP contribution is -2.24. The topological polar surface area (TPSA) is 39.1 Å². The van der Waals surface area contributed by atoms with Crippen LogP contribution in [0.2, 0.25) is 0 Å². The van der Waals surface area contributed by atoms with E-state index in [9.17, 15) is 0 Å². The van der Waals surface area contributed by atoms with Gasteiger partial charge in [-0.25, -0.2) is 4.98 Å². The fourth-order valence-electron chi connectivity index (χ4n) is 1.86. The molecule has 0 spiro atoms. The largest absolute Gasteiger partial charge is 0.496 e. The van der Waals surface area contributed by atoms with Gasteiger partial charge >= 0.3 is 0 Å². The number of aryl methyl sites for hydroxylation is 1. The fraction of sp³-hybridized carbons (Fsp3) is 0.583. The number of ether oxygens (including phenoxy) is 1. The molecule has 1 aliphatic heterocycles. The van der Waals surface area contributed by atoms with Crippen LogP contribution >= 0.6 is 0 Å². The van der Waals surface area contributed by atoms with Crippen molar-refractivity contribution in [2.45, 2.75) is 25.8 Å². The molecule has 0 aliphatic carbocycles. The molecule has 0 bridgehead atoms. The van der Waals surface area contributed by atoms with Crippen LogP contribution in [-0.2, 0) is 11.8 Å². The molecular weight excluding hydrogens is 202 g/mol. The standard InChI is InChI=1S/C12H19N3O/c1-3-6-13-12(11-5-4-7-16-11)10-8-15(2)9-14-10/h5,8-9,12-13H,3-4,6-7H2,1-2H3. The van der Waals surface area contributed by atoms with Gasteiger partial charge in [-0.3, -0.25) is 0 Å². The minimum atomic E-state index is 0.114. The molecule has 1 unspecified atom stereocenters. The highest BCUT2D eigenvalue weighted by molar-refractivity contribution is 5.18. The zero-order valence-electron chi connectivity index (χ0n) is 9.94. The van der Waals surface area contributed by atoms with E-state index in [-0.39, 0.29) is 6.04 Å². The molecule has 1 N–H and O–H groups in total. The van der Waals surface area contributed by atoms with Gasteiger partial charge in [-0.05, 0) is 19.0 Å². The van der Waals surface area contributed by atoms with E-state index in [1.54, 1.807) is 0 Å². The minimum absolute atomic E-state index is 0.114. The normalized spacial score (nSPS) is 17.0. The van der Waals surface area contributed by atoms with Crippen molar-refractivity contribution in [3.05, 3.63) is 30.1 Å². The summed E-state index contributed by atoms with van der Waals surface area (Å²) in [6.45, 7) is 3.93. The third-order valence-electron chi connectivity index (χ3n) is 2.64. The average molecular weight is 221 g/mol. The lowest BCUT2D eigenvalue weighted by Gasteiger charge is -2.17. The molecule has 2 heterocycles. The second-order valence-electron chi connectivity index (χ2n) is 4.09. The number of rotatable bonds is 5. The molecule has 16 heavy (non-hydrogen) atoms. The Kier molecular flexibility index (Phi) is 3.62. The smallest absolute Gasteiger partial charge is 0.115 e. The van der Waals surface area contributed by atoms with Gasteiger partial charge in [-0.2, -0.15) is 0 Å². The maximum Gasteiger partial charge on any atom is 0.115 e. The van der Waals surface area contributed by atoms with Crippen molar-refractivity contribution in [2.24, 2.45) is 7.05 Å². The molecule has 0 saturated heterocycles. The average Bonchev–Trinajstić information content (AvgIpc) is 2.91. The molecule has 1 aliphatic rings. The lowest BCUT2D eigenvalue weighted by atomic mass is 10.1. The van der Waals surface area contributed by atoms with Crippen LogP contribution in [0.4, 0.5) is 0 Å². The first kappa shape index (κ1) is 11.2. The molecule has 1 aromatic rings. The number of nitrogens with zero attached hydrogens (tertiary/aromatic N) is 2. The van der Waals surface area contributed by atoms with Crippen LogP contribution in [-0.4, -0.2) is 22.7 Å². The summed E-state index contributed by atoms with van der Waals surface area (Å²) in [5.74, 6) is 1.02. The van der Waals surface area contributed by atoms with Crippen molar-refractivity contribution in [1.29, 1.82) is 0 Å². The summed E-state index contributed by atoms with van der Waals surface area (Å²) < 4.78 is 7.59. The van der Waals surface area contributed by atoms with E-state index < -0.39 is 0 Å². The first-order valence-electron chi connectivity index (χ1n) is 5.85. The van der Waals surface area contributed by atoms with Crippen molar-refractivity contribution in [2.75, 3.05) is 13.2 Å². The summed E-state index contributed by atoms with van der Waals surface area (Å²) in [6, 6.07) is 0.114. The van der Waals surface area contributed by atoms with Gasteiger partial charge in [-0.1, -0.05) is 6.92 Å². The third kappa shape index (κ3) is 2.44.